The highest BCUT2D eigenvalue weighted by atomic mass is 19.2. The minimum absolute atomic E-state index is 0.144. The zero-order valence-corrected chi connectivity index (χ0v) is 9.86. The molecule has 0 aromatic heterocycles. The number of ether oxygens (including phenoxy) is 1. The molecule has 0 bridgehead atoms. The van der Waals surface area contributed by atoms with Gasteiger partial charge in [0.2, 0.25) is 0 Å². The Labute approximate surface area is 104 Å². The van der Waals surface area contributed by atoms with E-state index < -0.39 is 24.4 Å². The lowest BCUT2D eigenvalue weighted by Crippen LogP contribution is -2.32. The van der Waals surface area contributed by atoms with Gasteiger partial charge in [0, 0.05) is 13.0 Å². The second kappa shape index (κ2) is 5.44. The summed E-state index contributed by atoms with van der Waals surface area (Å²) < 4.78 is 31.0. The minimum atomic E-state index is -1.93. The Bertz CT molecular complexity index is 413. The number of benzene rings is 1. The van der Waals surface area contributed by atoms with Crippen molar-refractivity contribution in [1.82, 2.24) is 5.32 Å². The first-order valence-corrected chi connectivity index (χ1v) is 5.82. The molecule has 1 saturated heterocycles. The summed E-state index contributed by atoms with van der Waals surface area (Å²) in [6.07, 6.45) is -0.170. The summed E-state index contributed by atoms with van der Waals surface area (Å²) in [6, 6.07) is 8.45. The van der Waals surface area contributed by atoms with Crippen LogP contribution < -0.4 is 5.32 Å². The molecule has 0 aliphatic carbocycles. The molecule has 5 heteroatoms. The molecule has 98 valence electrons. The van der Waals surface area contributed by atoms with Gasteiger partial charge in [0.05, 0.1) is 0 Å². The van der Waals surface area contributed by atoms with E-state index in [0.717, 1.165) is 5.56 Å². The normalized spacial score (nSPS) is 27.1. The number of carbonyl (C=O) groups excluding carboxylic acids is 1. The van der Waals surface area contributed by atoms with Crippen molar-refractivity contribution in [2.24, 2.45) is 0 Å². The van der Waals surface area contributed by atoms with Crippen molar-refractivity contribution in [1.29, 1.82) is 0 Å². The first-order valence-electron chi connectivity index (χ1n) is 5.82. The number of alkyl halides is 2. The maximum Gasteiger partial charge on any atom is 0.323 e. The lowest BCUT2D eigenvalue weighted by Gasteiger charge is -2.13. The third-order valence-corrected chi connectivity index (χ3v) is 2.98. The average molecular weight is 255 g/mol. The van der Waals surface area contributed by atoms with Crippen LogP contribution in [0.2, 0.25) is 0 Å². The summed E-state index contributed by atoms with van der Waals surface area (Å²) in [5, 5.41) is 2.64. The van der Waals surface area contributed by atoms with E-state index in [-0.39, 0.29) is 19.6 Å². The molecular weight excluding hydrogens is 240 g/mol. The van der Waals surface area contributed by atoms with Crippen molar-refractivity contribution in [2.75, 3.05) is 13.2 Å². The van der Waals surface area contributed by atoms with E-state index in [4.69, 9.17) is 4.74 Å². The smallest absolute Gasteiger partial charge is 0.323 e. The van der Waals surface area contributed by atoms with Gasteiger partial charge >= 0.3 is 5.97 Å². The summed E-state index contributed by atoms with van der Waals surface area (Å²) in [4.78, 5) is 11.6. The second-order valence-corrected chi connectivity index (χ2v) is 4.52. The van der Waals surface area contributed by atoms with E-state index in [9.17, 15) is 13.6 Å². The topological polar surface area (TPSA) is 38.3 Å². The predicted octanol–water partition coefficient (Wildman–Crippen LogP) is 1.77. The molecule has 2 rings (SSSR count). The van der Waals surface area contributed by atoms with Crippen molar-refractivity contribution < 1.29 is 18.3 Å². The van der Waals surface area contributed by atoms with Gasteiger partial charge in [0.15, 0.2) is 5.67 Å². The SMILES string of the molecule is O=C(OCc1ccccc1)C1C[C@](F)(CF)CN1. The van der Waals surface area contributed by atoms with Crippen molar-refractivity contribution in [2.45, 2.75) is 24.7 Å². The fraction of sp³-hybridized carbons (Fsp3) is 0.462. The van der Waals surface area contributed by atoms with Gasteiger partial charge in [0.1, 0.15) is 19.3 Å². The monoisotopic (exact) mass is 255 g/mol. The summed E-state index contributed by atoms with van der Waals surface area (Å²) in [5.74, 6) is -0.535. The summed E-state index contributed by atoms with van der Waals surface area (Å²) in [6.45, 7) is -1.08. The van der Waals surface area contributed by atoms with Crippen LogP contribution in [0.1, 0.15) is 12.0 Å². The molecule has 0 spiro atoms. The molecule has 0 amide bonds. The molecule has 1 aromatic carbocycles. The molecule has 1 aliphatic heterocycles. The van der Waals surface area contributed by atoms with Crippen molar-refractivity contribution >= 4 is 5.97 Å². The summed E-state index contributed by atoms with van der Waals surface area (Å²) >= 11 is 0. The Hall–Kier alpha value is -1.49. The molecule has 0 radical (unpaired) electrons. The lowest BCUT2D eigenvalue weighted by atomic mass is 10.0. The largest absolute Gasteiger partial charge is 0.460 e. The Morgan fingerprint density at radius 3 is 2.78 bits per heavy atom. The first kappa shape index (κ1) is 13.0. The molecule has 1 aliphatic rings. The maximum atomic E-state index is 13.6. The second-order valence-electron chi connectivity index (χ2n) is 4.52. The van der Waals surface area contributed by atoms with Crippen LogP contribution in [0, 0.1) is 0 Å². The number of nitrogens with one attached hydrogen (secondary N) is 1. The van der Waals surface area contributed by atoms with Crippen LogP contribution in [-0.4, -0.2) is 30.9 Å². The van der Waals surface area contributed by atoms with Crippen LogP contribution >= 0.6 is 0 Å². The predicted molar refractivity (Wildman–Crippen MR) is 62.5 cm³/mol. The minimum Gasteiger partial charge on any atom is -0.460 e. The lowest BCUT2D eigenvalue weighted by molar-refractivity contribution is -0.147. The highest BCUT2D eigenvalue weighted by Gasteiger charge is 2.43. The van der Waals surface area contributed by atoms with Crippen LogP contribution in [0.25, 0.3) is 0 Å². The Kier molecular flexibility index (Phi) is 3.91. The third kappa shape index (κ3) is 3.04. The highest BCUT2D eigenvalue weighted by Crippen LogP contribution is 2.25. The molecule has 18 heavy (non-hydrogen) atoms. The van der Waals surface area contributed by atoms with Gasteiger partial charge in [-0.2, -0.15) is 0 Å². The van der Waals surface area contributed by atoms with Gasteiger partial charge in [-0.1, -0.05) is 30.3 Å². The molecule has 1 unspecified atom stereocenters. The first-order chi connectivity index (χ1) is 8.63. The Morgan fingerprint density at radius 2 is 2.17 bits per heavy atom. The molecule has 1 aromatic rings. The molecule has 1 N–H and O–H groups in total. The van der Waals surface area contributed by atoms with Crippen LogP contribution in [0.15, 0.2) is 30.3 Å². The number of rotatable bonds is 4. The van der Waals surface area contributed by atoms with E-state index in [0.29, 0.717) is 0 Å². The highest BCUT2D eigenvalue weighted by molar-refractivity contribution is 5.76. The fourth-order valence-electron chi connectivity index (χ4n) is 1.91. The molecule has 2 atom stereocenters. The molecule has 0 saturated carbocycles. The molecule has 3 nitrogen and oxygen atoms in total. The van der Waals surface area contributed by atoms with E-state index in [1.165, 1.54) is 0 Å². The van der Waals surface area contributed by atoms with Crippen LogP contribution in [0.4, 0.5) is 8.78 Å². The average Bonchev–Trinajstić information content (AvgIpc) is 2.81. The fourth-order valence-corrected chi connectivity index (χ4v) is 1.91. The number of hydrogen-bond acceptors (Lipinski definition) is 3. The number of carbonyl (C=O) groups is 1. The van der Waals surface area contributed by atoms with E-state index in [1.807, 2.05) is 30.3 Å². The number of hydrogen-bond donors (Lipinski definition) is 1. The third-order valence-electron chi connectivity index (χ3n) is 2.98. The Morgan fingerprint density at radius 1 is 1.44 bits per heavy atom. The van der Waals surface area contributed by atoms with Gasteiger partial charge in [-0.05, 0) is 5.56 Å². The molecular formula is C13H15F2NO2. The van der Waals surface area contributed by atoms with Crippen LogP contribution in [0.5, 0.6) is 0 Å². The molecule has 1 fully saturated rings. The van der Waals surface area contributed by atoms with Crippen LogP contribution in [-0.2, 0) is 16.1 Å². The Balaban J connectivity index is 1.83. The zero-order valence-electron chi connectivity index (χ0n) is 9.86. The van der Waals surface area contributed by atoms with Gasteiger partial charge in [0.25, 0.3) is 0 Å². The maximum absolute atomic E-state index is 13.6. The quantitative estimate of drug-likeness (QED) is 0.833. The van der Waals surface area contributed by atoms with E-state index in [1.54, 1.807) is 0 Å². The van der Waals surface area contributed by atoms with Crippen molar-refractivity contribution in [3.05, 3.63) is 35.9 Å². The van der Waals surface area contributed by atoms with Gasteiger partial charge < -0.3 is 10.1 Å². The van der Waals surface area contributed by atoms with E-state index in [2.05, 4.69) is 5.32 Å². The number of esters is 1. The van der Waals surface area contributed by atoms with E-state index >= 15 is 0 Å². The standard InChI is InChI=1S/C13H15F2NO2/c14-8-13(15)6-11(16-9-13)12(17)18-7-10-4-2-1-3-5-10/h1-5,11,16H,6-9H2/t11?,13-/m0/s1. The summed E-state index contributed by atoms with van der Waals surface area (Å²) in [7, 11) is 0. The summed E-state index contributed by atoms with van der Waals surface area (Å²) in [5.41, 5.74) is -1.07. The van der Waals surface area contributed by atoms with Crippen molar-refractivity contribution in [3.63, 3.8) is 0 Å². The molecule has 1 heterocycles. The zero-order chi connectivity index (χ0) is 13.0. The number of halogens is 2. The van der Waals surface area contributed by atoms with Gasteiger partial charge in [-0.15, -0.1) is 0 Å². The van der Waals surface area contributed by atoms with Crippen LogP contribution in [0.3, 0.4) is 0 Å². The van der Waals surface area contributed by atoms with Gasteiger partial charge in [-0.25, -0.2) is 8.78 Å². The van der Waals surface area contributed by atoms with Gasteiger partial charge in [-0.3, -0.25) is 4.79 Å². The van der Waals surface area contributed by atoms with Crippen molar-refractivity contribution in [3.8, 4) is 0 Å².